The van der Waals surface area contributed by atoms with Gasteiger partial charge in [0.15, 0.2) is 11.5 Å². The Balaban J connectivity index is 1.74. The molecule has 2 aromatic carbocycles. The molecule has 22 heavy (non-hydrogen) atoms. The molecule has 0 fully saturated rings. The summed E-state index contributed by atoms with van der Waals surface area (Å²) in [7, 11) is 0. The molecule has 0 aliphatic carbocycles. The third-order valence-corrected chi connectivity index (χ3v) is 4.00. The zero-order valence-corrected chi connectivity index (χ0v) is 13.0. The molecule has 1 N–H and O–H groups in total. The lowest BCUT2D eigenvalue weighted by atomic mass is 9.98. The Morgan fingerprint density at radius 3 is 2.68 bits per heavy atom. The molecular formula is C19H23NO2. The molecule has 0 spiro atoms. The summed E-state index contributed by atoms with van der Waals surface area (Å²) in [5.74, 6) is 1.71. The Morgan fingerprint density at radius 2 is 1.86 bits per heavy atom. The highest BCUT2D eigenvalue weighted by Gasteiger charge is 2.16. The quantitative estimate of drug-likeness (QED) is 0.781. The molecule has 0 bridgehead atoms. The first kappa shape index (κ1) is 14.9. The largest absolute Gasteiger partial charge is 0.454 e. The lowest BCUT2D eigenvalue weighted by molar-refractivity contribution is 0.174. The summed E-state index contributed by atoms with van der Waals surface area (Å²) in [5, 5.41) is 3.68. The van der Waals surface area contributed by atoms with Crippen molar-refractivity contribution in [2.75, 3.05) is 13.3 Å². The Bertz CT molecular complexity index is 598. The van der Waals surface area contributed by atoms with Gasteiger partial charge in [0.2, 0.25) is 6.79 Å². The number of fused-ring (bicyclic) bond motifs is 1. The fraction of sp³-hybridized carbons (Fsp3) is 0.368. The predicted molar refractivity (Wildman–Crippen MR) is 88.4 cm³/mol. The number of hydrogen-bond acceptors (Lipinski definition) is 3. The number of hydrogen-bond donors (Lipinski definition) is 1. The minimum Gasteiger partial charge on any atom is -0.454 e. The molecule has 1 atom stereocenters. The summed E-state index contributed by atoms with van der Waals surface area (Å²) in [4.78, 5) is 0. The number of rotatable bonds is 7. The highest BCUT2D eigenvalue weighted by molar-refractivity contribution is 5.44. The Labute approximate surface area is 132 Å². The van der Waals surface area contributed by atoms with Gasteiger partial charge in [0.1, 0.15) is 0 Å². The van der Waals surface area contributed by atoms with E-state index in [0.717, 1.165) is 24.5 Å². The van der Waals surface area contributed by atoms with Crippen LogP contribution in [0.5, 0.6) is 11.5 Å². The maximum atomic E-state index is 5.48. The van der Waals surface area contributed by atoms with Gasteiger partial charge in [0.05, 0.1) is 0 Å². The standard InChI is InChI=1S/C19H23NO2/c1-2-3-11-20-17(16-7-5-4-6-8-16)12-15-9-10-18-19(13-15)22-14-21-18/h4-10,13,17,20H,2-3,11-12,14H2,1H3. The predicted octanol–water partition coefficient (Wildman–Crippen LogP) is 4.09. The van der Waals surface area contributed by atoms with Crippen LogP contribution in [0.2, 0.25) is 0 Å². The fourth-order valence-corrected chi connectivity index (χ4v) is 2.75. The molecule has 1 aliphatic heterocycles. The van der Waals surface area contributed by atoms with Gasteiger partial charge in [-0.25, -0.2) is 0 Å². The molecule has 0 amide bonds. The molecule has 0 aromatic heterocycles. The van der Waals surface area contributed by atoms with Gasteiger partial charge in [-0.1, -0.05) is 49.7 Å². The van der Waals surface area contributed by atoms with Crippen molar-refractivity contribution in [2.45, 2.75) is 32.2 Å². The minimum atomic E-state index is 0.327. The second-order valence-electron chi connectivity index (χ2n) is 5.66. The SMILES string of the molecule is CCCCNC(Cc1ccc2c(c1)OCO2)c1ccccc1. The third-order valence-electron chi connectivity index (χ3n) is 4.00. The summed E-state index contributed by atoms with van der Waals surface area (Å²) < 4.78 is 10.9. The second kappa shape index (κ2) is 7.32. The molecule has 0 saturated heterocycles. The average Bonchev–Trinajstić information content (AvgIpc) is 3.02. The van der Waals surface area contributed by atoms with Crippen molar-refractivity contribution in [1.29, 1.82) is 0 Å². The Morgan fingerprint density at radius 1 is 1.05 bits per heavy atom. The zero-order valence-electron chi connectivity index (χ0n) is 13.0. The van der Waals surface area contributed by atoms with Gasteiger partial charge in [0.25, 0.3) is 0 Å². The molecule has 1 unspecified atom stereocenters. The lowest BCUT2D eigenvalue weighted by Gasteiger charge is -2.19. The number of benzene rings is 2. The van der Waals surface area contributed by atoms with Crippen molar-refractivity contribution in [1.82, 2.24) is 5.32 Å². The number of nitrogens with one attached hydrogen (secondary N) is 1. The molecule has 0 radical (unpaired) electrons. The van der Waals surface area contributed by atoms with E-state index in [0.29, 0.717) is 12.8 Å². The lowest BCUT2D eigenvalue weighted by Crippen LogP contribution is -2.24. The summed E-state index contributed by atoms with van der Waals surface area (Å²) >= 11 is 0. The number of ether oxygens (including phenoxy) is 2. The van der Waals surface area contributed by atoms with Crippen LogP contribution in [0.15, 0.2) is 48.5 Å². The summed E-state index contributed by atoms with van der Waals surface area (Å²) in [5.41, 5.74) is 2.60. The van der Waals surface area contributed by atoms with Crippen LogP contribution >= 0.6 is 0 Å². The molecule has 3 heteroatoms. The molecule has 2 aromatic rings. The van der Waals surface area contributed by atoms with Crippen LogP contribution in [-0.4, -0.2) is 13.3 Å². The molecule has 0 saturated carbocycles. The zero-order chi connectivity index (χ0) is 15.2. The number of unbranched alkanes of at least 4 members (excludes halogenated alkanes) is 1. The van der Waals surface area contributed by atoms with Crippen molar-refractivity contribution in [3.05, 3.63) is 59.7 Å². The molecular weight excluding hydrogens is 274 g/mol. The van der Waals surface area contributed by atoms with Gasteiger partial charge in [-0.3, -0.25) is 0 Å². The van der Waals surface area contributed by atoms with Gasteiger partial charge >= 0.3 is 0 Å². The van der Waals surface area contributed by atoms with Crippen molar-refractivity contribution in [3.8, 4) is 11.5 Å². The van der Waals surface area contributed by atoms with E-state index in [-0.39, 0.29) is 0 Å². The topological polar surface area (TPSA) is 30.5 Å². The molecule has 3 rings (SSSR count). The van der Waals surface area contributed by atoms with Crippen molar-refractivity contribution in [3.63, 3.8) is 0 Å². The smallest absolute Gasteiger partial charge is 0.231 e. The third kappa shape index (κ3) is 3.60. The van der Waals surface area contributed by atoms with Crippen LogP contribution in [0.1, 0.15) is 36.9 Å². The normalized spacial score (nSPS) is 14.0. The first-order valence-corrected chi connectivity index (χ1v) is 8.03. The Hall–Kier alpha value is -2.00. The second-order valence-corrected chi connectivity index (χ2v) is 5.66. The van der Waals surface area contributed by atoms with Crippen LogP contribution < -0.4 is 14.8 Å². The van der Waals surface area contributed by atoms with Crippen LogP contribution in [0.25, 0.3) is 0 Å². The molecule has 3 nitrogen and oxygen atoms in total. The van der Waals surface area contributed by atoms with E-state index in [4.69, 9.17) is 9.47 Å². The van der Waals surface area contributed by atoms with Crippen LogP contribution in [0, 0.1) is 0 Å². The Kier molecular flexibility index (Phi) is 4.96. The van der Waals surface area contributed by atoms with Crippen LogP contribution in [-0.2, 0) is 6.42 Å². The van der Waals surface area contributed by atoms with Gasteiger partial charge in [-0.15, -0.1) is 0 Å². The first-order chi connectivity index (χ1) is 10.9. The van der Waals surface area contributed by atoms with E-state index in [1.807, 2.05) is 6.07 Å². The van der Waals surface area contributed by atoms with Crippen molar-refractivity contribution < 1.29 is 9.47 Å². The van der Waals surface area contributed by atoms with Gasteiger partial charge in [-0.05, 0) is 42.6 Å². The van der Waals surface area contributed by atoms with Crippen molar-refractivity contribution >= 4 is 0 Å². The molecule has 1 aliphatic rings. The van der Waals surface area contributed by atoms with E-state index in [1.165, 1.54) is 24.0 Å². The van der Waals surface area contributed by atoms with Gasteiger partial charge in [0, 0.05) is 6.04 Å². The maximum absolute atomic E-state index is 5.48. The van der Waals surface area contributed by atoms with Crippen molar-refractivity contribution in [2.24, 2.45) is 0 Å². The first-order valence-electron chi connectivity index (χ1n) is 8.03. The van der Waals surface area contributed by atoms with Gasteiger partial charge in [-0.2, -0.15) is 0 Å². The van der Waals surface area contributed by atoms with E-state index in [9.17, 15) is 0 Å². The van der Waals surface area contributed by atoms with E-state index >= 15 is 0 Å². The summed E-state index contributed by atoms with van der Waals surface area (Å²) in [6.07, 6.45) is 3.35. The van der Waals surface area contributed by atoms with E-state index in [1.54, 1.807) is 0 Å². The fourth-order valence-electron chi connectivity index (χ4n) is 2.75. The summed E-state index contributed by atoms with van der Waals surface area (Å²) in [6, 6.07) is 17.2. The average molecular weight is 297 g/mol. The van der Waals surface area contributed by atoms with Gasteiger partial charge < -0.3 is 14.8 Å². The summed E-state index contributed by atoms with van der Waals surface area (Å²) in [6.45, 7) is 3.59. The van der Waals surface area contributed by atoms with Crippen LogP contribution in [0.3, 0.4) is 0 Å². The molecule has 1 heterocycles. The molecule has 116 valence electrons. The highest BCUT2D eigenvalue weighted by Crippen LogP contribution is 2.33. The minimum absolute atomic E-state index is 0.327. The highest BCUT2D eigenvalue weighted by atomic mass is 16.7. The van der Waals surface area contributed by atoms with E-state index in [2.05, 4.69) is 54.7 Å². The monoisotopic (exact) mass is 297 g/mol. The van der Waals surface area contributed by atoms with E-state index < -0.39 is 0 Å². The maximum Gasteiger partial charge on any atom is 0.231 e. The van der Waals surface area contributed by atoms with Crippen LogP contribution in [0.4, 0.5) is 0 Å².